The molecule has 1 amide bonds. The highest BCUT2D eigenvalue weighted by Crippen LogP contribution is 2.29. The van der Waals surface area contributed by atoms with Crippen molar-refractivity contribution >= 4 is 47.4 Å². The van der Waals surface area contributed by atoms with Crippen molar-refractivity contribution in [1.29, 1.82) is 0 Å². The average Bonchev–Trinajstić information content (AvgIpc) is 2.70. The Morgan fingerprint density at radius 1 is 1.20 bits per heavy atom. The van der Waals surface area contributed by atoms with Gasteiger partial charge in [0.1, 0.15) is 23.6 Å². The molecular formula is C19H22Cl2N4O5. The zero-order chi connectivity index (χ0) is 21.4. The maximum absolute atomic E-state index is 11.9. The fourth-order valence-corrected chi connectivity index (χ4v) is 2.46. The summed E-state index contributed by atoms with van der Waals surface area (Å²) in [6.45, 7) is 1.24. The van der Waals surface area contributed by atoms with Gasteiger partial charge < -0.3 is 25.2 Å². The number of ether oxygens (including phenoxy) is 1. The lowest BCUT2D eigenvalue weighted by atomic mass is 10.2. The Labute approximate surface area is 184 Å². The van der Waals surface area contributed by atoms with Crippen LogP contribution in [0.3, 0.4) is 0 Å². The Kier molecular flexibility index (Phi) is 10.0. The van der Waals surface area contributed by atoms with Crippen molar-refractivity contribution in [3.63, 3.8) is 0 Å². The summed E-state index contributed by atoms with van der Waals surface area (Å²) in [5.74, 6) is -1.63. The number of nitrogens with zero attached hydrogens (tertiary/aromatic N) is 3. The molecule has 2 rings (SSSR count). The number of carbonyl (C=O) groups excluding carboxylic acids is 1. The molecular weight excluding hydrogens is 435 g/mol. The van der Waals surface area contributed by atoms with Crippen LogP contribution >= 0.6 is 24.0 Å². The Balaban J connectivity index is 0.00000450. The van der Waals surface area contributed by atoms with Gasteiger partial charge in [-0.2, -0.15) is 5.11 Å². The summed E-state index contributed by atoms with van der Waals surface area (Å²) in [5, 5.41) is 29.7. The molecule has 162 valence electrons. The van der Waals surface area contributed by atoms with Crippen LogP contribution in [0.1, 0.15) is 15.9 Å². The van der Waals surface area contributed by atoms with E-state index >= 15 is 0 Å². The van der Waals surface area contributed by atoms with Gasteiger partial charge in [0.25, 0.3) is 0 Å². The highest BCUT2D eigenvalue weighted by Gasteiger charge is 2.11. The largest absolute Gasteiger partial charge is 0.507 e. The maximum atomic E-state index is 11.9. The van der Waals surface area contributed by atoms with Crippen molar-refractivity contribution in [3.8, 4) is 5.75 Å². The number of azo groups is 1. The number of rotatable bonds is 8. The van der Waals surface area contributed by atoms with E-state index in [4.69, 9.17) is 21.4 Å². The third-order valence-electron chi connectivity index (χ3n) is 3.87. The summed E-state index contributed by atoms with van der Waals surface area (Å²) < 4.78 is 5.23. The lowest BCUT2D eigenvalue weighted by Gasteiger charge is -2.16. The van der Waals surface area contributed by atoms with E-state index in [-0.39, 0.29) is 36.0 Å². The highest BCUT2D eigenvalue weighted by atomic mass is 35.5. The van der Waals surface area contributed by atoms with Gasteiger partial charge in [-0.15, -0.1) is 17.5 Å². The van der Waals surface area contributed by atoms with Crippen LogP contribution in [-0.2, 0) is 11.3 Å². The molecule has 0 saturated heterocycles. The molecule has 0 spiro atoms. The molecule has 0 unspecified atom stereocenters. The van der Waals surface area contributed by atoms with Gasteiger partial charge in [0, 0.05) is 20.1 Å². The number of hydrogen-bond acceptors (Lipinski definition) is 7. The number of aromatic hydroxyl groups is 1. The van der Waals surface area contributed by atoms with E-state index in [9.17, 15) is 14.7 Å². The SMILES string of the molecule is CNCCN(C)C(=O)OCc1ccc(N=Nc2ccc(O)c(C(=O)O)c2)c(Cl)c1.Cl. The van der Waals surface area contributed by atoms with Crippen LogP contribution in [0, 0.1) is 0 Å². The molecule has 2 aromatic rings. The van der Waals surface area contributed by atoms with Crippen molar-refractivity contribution in [2.75, 3.05) is 27.2 Å². The minimum atomic E-state index is -1.27. The second-order valence-corrected chi connectivity index (χ2v) is 6.48. The molecule has 30 heavy (non-hydrogen) atoms. The number of phenols is 1. The smallest absolute Gasteiger partial charge is 0.409 e. The fourth-order valence-electron chi connectivity index (χ4n) is 2.22. The fraction of sp³-hybridized carbons (Fsp3) is 0.263. The van der Waals surface area contributed by atoms with Crippen LogP contribution in [0.15, 0.2) is 46.6 Å². The Hall–Kier alpha value is -2.88. The first-order chi connectivity index (χ1) is 13.8. The third-order valence-corrected chi connectivity index (χ3v) is 4.17. The van der Waals surface area contributed by atoms with Crippen molar-refractivity contribution in [2.24, 2.45) is 10.2 Å². The first kappa shape index (κ1) is 25.2. The number of nitrogens with one attached hydrogen (secondary N) is 1. The average molecular weight is 457 g/mol. The lowest BCUT2D eigenvalue weighted by molar-refractivity contribution is 0.0693. The molecule has 0 aliphatic carbocycles. The normalized spacial score (nSPS) is 10.5. The lowest BCUT2D eigenvalue weighted by Crippen LogP contribution is -2.33. The minimum absolute atomic E-state index is 0. The molecule has 0 atom stereocenters. The number of benzene rings is 2. The van der Waals surface area contributed by atoms with Crippen LogP contribution in [-0.4, -0.2) is 54.4 Å². The Morgan fingerprint density at radius 2 is 1.93 bits per heavy atom. The summed E-state index contributed by atoms with van der Waals surface area (Å²) in [5.41, 5.74) is 1.02. The van der Waals surface area contributed by atoms with E-state index in [1.807, 2.05) is 0 Å². The third kappa shape index (κ3) is 7.18. The topological polar surface area (TPSA) is 124 Å². The molecule has 0 bridgehead atoms. The second kappa shape index (κ2) is 12.0. The number of carbonyl (C=O) groups is 2. The minimum Gasteiger partial charge on any atom is -0.507 e. The quantitative estimate of drug-likeness (QED) is 0.506. The van der Waals surface area contributed by atoms with E-state index in [2.05, 4.69) is 15.5 Å². The molecule has 0 saturated carbocycles. The van der Waals surface area contributed by atoms with E-state index in [0.717, 1.165) is 0 Å². The molecule has 0 radical (unpaired) electrons. The standard InChI is InChI=1S/C19H21ClN4O5.ClH/c1-21-7-8-24(2)19(28)29-11-12-3-5-16(15(20)9-12)23-22-13-4-6-17(25)14(10-13)18(26)27;/h3-6,9-10,21,25H,7-8,11H2,1-2H3,(H,26,27);1H. The number of halogens is 2. The molecule has 0 aromatic heterocycles. The molecule has 9 nitrogen and oxygen atoms in total. The number of likely N-dealkylation sites (N-methyl/N-ethyl adjacent to an activating group) is 2. The number of carboxylic acids is 1. The summed E-state index contributed by atoms with van der Waals surface area (Å²) in [4.78, 5) is 24.4. The van der Waals surface area contributed by atoms with E-state index in [0.29, 0.717) is 29.4 Å². The number of amides is 1. The van der Waals surface area contributed by atoms with Gasteiger partial charge in [0.05, 0.1) is 10.7 Å². The summed E-state index contributed by atoms with van der Waals surface area (Å²) in [7, 11) is 3.45. The molecule has 0 fully saturated rings. The molecule has 0 aliphatic heterocycles. The molecule has 2 aromatic carbocycles. The number of aromatic carboxylic acids is 1. The highest BCUT2D eigenvalue weighted by molar-refractivity contribution is 6.33. The van der Waals surface area contributed by atoms with E-state index < -0.39 is 12.1 Å². The Bertz CT molecular complexity index is 924. The predicted molar refractivity (Wildman–Crippen MR) is 115 cm³/mol. The van der Waals surface area contributed by atoms with Crippen LogP contribution in [0.2, 0.25) is 5.02 Å². The first-order valence-corrected chi connectivity index (χ1v) is 8.98. The van der Waals surface area contributed by atoms with Crippen molar-refractivity contribution in [1.82, 2.24) is 10.2 Å². The predicted octanol–water partition coefficient (Wildman–Crippen LogP) is 4.37. The van der Waals surface area contributed by atoms with E-state index in [1.165, 1.54) is 23.1 Å². The first-order valence-electron chi connectivity index (χ1n) is 8.60. The van der Waals surface area contributed by atoms with Crippen LogP contribution in [0.4, 0.5) is 16.2 Å². The molecule has 0 aliphatic rings. The van der Waals surface area contributed by atoms with Crippen LogP contribution in [0.5, 0.6) is 5.75 Å². The Morgan fingerprint density at radius 3 is 2.57 bits per heavy atom. The summed E-state index contributed by atoms with van der Waals surface area (Å²) in [6.07, 6.45) is -0.443. The zero-order valence-corrected chi connectivity index (χ0v) is 17.9. The molecule has 0 heterocycles. The van der Waals surface area contributed by atoms with Crippen molar-refractivity contribution < 1.29 is 24.5 Å². The summed E-state index contributed by atoms with van der Waals surface area (Å²) >= 11 is 6.20. The number of hydrogen-bond donors (Lipinski definition) is 3. The van der Waals surface area contributed by atoms with Gasteiger partial charge >= 0.3 is 12.1 Å². The molecule has 11 heteroatoms. The summed E-state index contributed by atoms with van der Waals surface area (Å²) in [6, 6.07) is 8.77. The van der Waals surface area contributed by atoms with Crippen LogP contribution < -0.4 is 5.32 Å². The zero-order valence-electron chi connectivity index (χ0n) is 16.3. The number of carboxylic acid groups (broad SMARTS) is 1. The second-order valence-electron chi connectivity index (χ2n) is 6.07. The molecule has 3 N–H and O–H groups in total. The van der Waals surface area contributed by atoms with Crippen molar-refractivity contribution in [3.05, 3.63) is 52.5 Å². The monoisotopic (exact) mass is 456 g/mol. The van der Waals surface area contributed by atoms with Gasteiger partial charge in [0.2, 0.25) is 0 Å². The van der Waals surface area contributed by atoms with Gasteiger partial charge in [0.15, 0.2) is 0 Å². The van der Waals surface area contributed by atoms with Gasteiger partial charge in [-0.05, 0) is 42.9 Å². The van der Waals surface area contributed by atoms with E-state index in [1.54, 1.807) is 32.3 Å². The van der Waals surface area contributed by atoms with Gasteiger partial charge in [-0.3, -0.25) is 0 Å². The van der Waals surface area contributed by atoms with Crippen LogP contribution in [0.25, 0.3) is 0 Å². The van der Waals surface area contributed by atoms with Gasteiger partial charge in [-0.1, -0.05) is 17.7 Å². The van der Waals surface area contributed by atoms with Gasteiger partial charge in [-0.25, -0.2) is 9.59 Å². The maximum Gasteiger partial charge on any atom is 0.409 e. The van der Waals surface area contributed by atoms with Crippen molar-refractivity contribution in [2.45, 2.75) is 6.61 Å².